The minimum Gasteiger partial charge on any atom is -0.489 e. The van der Waals surface area contributed by atoms with Gasteiger partial charge in [-0.1, -0.05) is 6.07 Å². The highest BCUT2D eigenvalue weighted by molar-refractivity contribution is 7.89. The maximum Gasteiger partial charge on any atom is 0.191 e. The van der Waals surface area contributed by atoms with Gasteiger partial charge in [-0.3, -0.25) is 4.99 Å². The van der Waals surface area contributed by atoms with Gasteiger partial charge in [-0.05, 0) is 35.4 Å². The highest BCUT2D eigenvalue weighted by Gasteiger charge is 2.11. The SMILES string of the molecule is CN=C(NCCOc1ccc(F)cc1F)NCc1cc(F)ccc1CS(C)(=O)=O. The van der Waals surface area contributed by atoms with Crippen LogP contribution in [0.1, 0.15) is 11.1 Å². The lowest BCUT2D eigenvalue weighted by molar-refractivity contribution is 0.304. The Morgan fingerprint density at radius 3 is 2.38 bits per heavy atom. The van der Waals surface area contributed by atoms with Crippen LogP contribution in [0.2, 0.25) is 0 Å². The molecule has 158 valence electrons. The molecule has 2 N–H and O–H groups in total. The van der Waals surface area contributed by atoms with Crippen molar-refractivity contribution in [3.05, 3.63) is 65.0 Å². The Morgan fingerprint density at radius 1 is 1.03 bits per heavy atom. The average Bonchev–Trinajstić information content (AvgIpc) is 2.63. The molecule has 0 aliphatic carbocycles. The molecule has 0 fully saturated rings. The predicted molar refractivity (Wildman–Crippen MR) is 105 cm³/mol. The Balaban J connectivity index is 1.88. The standard InChI is InChI=1S/C19H22F3N3O3S/c1-23-19(24-7-8-28-18-6-5-16(21)10-17(18)22)25-11-14-9-15(20)4-3-13(14)12-29(2,26)27/h3-6,9-10H,7-8,11-12H2,1-2H3,(H2,23,24,25). The first-order valence-corrected chi connectivity index (χ1v) is 10.7. The van der Waals surface area contributed by atoms with Gasteiger partial charge in [-0.25, -0.2) is 21.6 Å². The van der Waals surface area contributed by atoms with Crippen molar-refractivity contribution >= 4 is 15.8 Å². The van der Waals surface area contributed by atoms with E-state index in [4.69, 9.17) is 4.74 Å². The minimum atomic E-state index is -3.27. The Bertz CT molecular complexity index is 982. The molecule has 0 aliphatic heterocycles. The van der Waals surface area contributed by atoms with Crippen molar-refractivity contribution in [2.75, 3.05) is 26.5 Å². The molecule has 0 aliphatic rings. The van der Waals surface area contributed by atoms with Crippen LogP contribution >= 0.6 is 0 Å². The third kappa shape index (κ3) is 7.65. The van der Waals surface area contributed by atoms with Gasteiger partial charge >= 0.3 is 0 Å². The van der Waals surface area contributed by atoms with Crippen molar-refractivity contribution in [2.45, 2.75) is 12.3 Å². The van der Waals surface area contributed by atoms with Gasteiger partial charge < -0.3 is 15.4 Å². The van der Waals surface area contributed by atoms with Crippen molar-refractivity contribution in [1.29, 1.82) is 0 Å². The van der Waals surface area contributed by atoms with Crippen molar-refractivity contribution in [3.63, 3.8) is 0 Å². The third-order valence-electron chi connectivity index (χ3n) is 3.80. The quantitative estimate of drug-likeness (QED) is 0.383. The number of aliphatic imine (C=N–C) groups is 1. The first kappa shape index (κ1) is 22.5. The molecule has 0 spiro atoms. The number of guanidine groups is 1. The van der Waals surface area contributed by atoms with Crippen LogP contribution < -0.4 is 15.4 Å². The van der Waals surface area contributed by atoms with E-state index in [2.05, 4.69) is 15.6 Å². The molecule has 2 aromatic rings. The molecular formula is C19H22F3N3O3S. The molecule has 2 aromatic carbocycles. The van der Waals surface area contributed by atoms with Crippen LogP contribution in [0.25, 0.3) is 0 Å². The number of nitrogens with zero attached hydrogens (tertiary/aromatic N) is 1. The Labute approximate surface area is 167 Å². The summed E-state index contributed by atoms with van der Waals surface area (Å²) >= 11 is 0. The molecule has 0 amide bonds. The first-order chi connectivity index (χ1) is 13.7. The largest absolute Gasteiger partial charge is 0.489 e. The molecule has 0 heterocycles. The molecule has 0 bridgehead atoms. The molecule has 29 heavy (non-hydrogen) atoms. The van der Waals surface area contributed by atoms with Gasteiger partial charge in [-0.2, -0.15) is 0 Å². The van der Waals surface area contributed by atoms with Gasteiger partial charge in [0.05, 0.1) is 12.3 Å². The Morgan fingerprint density at radius 2 is 1.72 bits per heavy atom. The molecule has 6 nitrogen and oxygen atoms in total. The molecule has 0 atom stereocenters. The lowest BCUT2D eigenvalue weighted by Gasteiger charge is -2.15. The number of halogens is 3. The van der Waals surface area contributed by atoms with Crippen LogP contribution in [0, 0.1) is 17.5 Å². The summed E-state index contributed by atoms with van der Waals surface area (Å²) < 4.78 is 68.3. The molecule has 0 saturated heterocycles. The highest BCUT2D eigenvalue weighted by Crippen LogP contribution is 2.17. The molecule has 0 aromatic heterocycles. The highest BCUT2D eigenvalue weighted by atomic mass is 32.2. The summed E-state index contributed by atoms with van der Waals surface area (Å²) in [6, 6.07) is 6.94. The van der Waals surface area contributed by atoms with Crippen molar-refractivity contribution in [1.82, 2.24) is 10.6 Å². The fourth-order valence-corrected chi connectivity index (χ4v) is 3.35. The van der Waals surface area contributed by atoms with Crippen LogP contribution in [0.15, 0.2) is 41.4 Å². The van der Waals surface area contributed by atoms with Gasteiger partial charge in [-0.15, -0.1) is 0 Å². The predicted octanol–water partition coefficient (Wildman–Crippen LogP) is 2.39. The topological polar surface area (TPSA) is 79.8 Å². The number of benzene rings is 2. The molecular weight excluding hydrogens is 407 g/mol. The molecule has 0 unspecified atom stereocenters. The first-order valence-electron chi connectivity index (χ1n) is 8.65. The maximum atomic E-state index is 13.6. The summed E-state index contributed by atoms with van der Waals surface area (Å²) in [5, 5.41) is 5.88. The summed E-state index contributed by atoms with van der Waals surface area (Å²) in [5.41, 5.74) is 0.981. The zero-order chi connectivity index (χ0) is 21.4. The van der Waals surface area contributed by atoms with Crippen molar-refractivity contribution in [3.8, 4) is 5.75 Å². The monoisotopic (exact) mass is 429 g/mol. The van der Waals surface area contributed by atoms with E-state index >= 15 is 0 Å². The summed E-state index contributed by atoms with van der Waals surface area (Å²) in [7, 11) is -1.75. The van der Waals surface area contributed by atoms with Gasteiger partial charge in [0.1, 0.15) is 18.2 Å². The molecule has 0 radical (unpaired) electrons. The van der Waals surface area contributed by atoms with E-state index in [0.29, 0.717) is 17.1 Å². The van der Waals surface area contributed by atoms with E-state index < -0.39 is 27.3 Å². The van der Waals surface area contributed by atoms with E-state index in [1.807, 2.05) is 0 Å². The van der Waals surface area contributed by atoms with Gasteiger partial charge in [0.25, 0.3) is 0 Å². The second-order valence-corrected chi connectivity index (χ2v) is 8.40. The number of nitrogens with one attached hydrogen (secondary N) is 2. The van der Waals surface area contributed by atoms with E-state index in [9.17, 15) is 21.6 Å². The zero-order valence-corrected chi connectivity index (χ0v) is 16.8. The van der Waals surface area contributed by atoms with Crippen LogP contribution in [-0.2, 0) is 22.1 Å². The second-order valence-electron chi connectivity index (χ2n) is 6.26. The third-order valence-corrected chi connectivity index (χ3v) is 4.64. The van der Waals surface area contributed by atoms with Crippen molar-refractivity contribution < 1.29 is 26.3 Å². The summed E-state index contributed by atoms with van der Waals surface area (Å²) in [6.45, 7) is 0.494. The zero-order valence-electron chi connectivity index (χ0n) is 16.0. The summed E-state index contributed by atoms with van der Waals surface area (Å²) in [6.07, 6.45) is 1.11. The van der Waals surface area contributed by atoms with Crippen molar-refractivity contribution in [2.24, 2.45) is 4.99 Å². The number of hydrogen-bond acceptors (Lipinski definition) is 4. The fraction of sp³-hybridized carbons (Fsp3) is 0.316. The summed E-state index contributed by atoms with van der Waals surface area (Å²) in [4.78, 5) is 4.01. The molecule has 10 heteroatoms. The summed E-state index contributed by atoms with van der Waals surface area (Å²) in [5.74, 6) is -1.86. The normalized spacial score (nSPS) is 12.0. The van der Waals surface area contributed by atoms with Gasteiger partial charge in [0.2, 0.25) is 0 Å². The number of rotatable bonds is 8. The van der Waals surface area contributed by atoms with E-state index in [1.165, 1.54) is 31.3 Å². The average molecular weight is 429 g/mol. The number of hydrogen-bond donors (Lipinski definition) is 2. The van der Waals surface area contributed by atoms with Crippen LogP contribution in [0.5, 0.6) is 5.75 Å². The number of ether oxygens (including phenoxy) is 1. The van der Waals surface area contributed by atoms with Crippen LogP contribution in [-0.4, -0.2) is 40.8 Å². The van der Waals surface area contributed by atoms with Gasteiger partial charge in [0.15, 0.2) is 27.4 Å². The fourth-order valence-electron chi connectivity index (χ4n) is 2.50. The van der Waals surface area contributed by atoms with E-state index in [-0.39, 0.29) is 31.2 Å². The maximum absolute atomic E-state index is 13.6. The molecule has 2 rings (SSSR count). The smallest absolute Gasteiger partial charge is 0.191 e. The Kier molecular flexibility index (Phi) is 7.89. The second kappa shape index (κ2) is 10.1. The lowest BCUT2D eigenvalue weighted by Crippen LogP contribution is -2.39. The van der Waals surface area contributed by atoms with Gasteiger partial charge in [0, 0.05) is 25.9 Å². The van der Waals surface area contributed by atoms with E-state index in [0.717, 1.165) is 18.4 Å². The molecule has 0 saturated carbocycles. The number of sulfone groups is 1. The minimum absolute atomic E-state index is 0.0682. The van der Waals surface area contributed by atoms with Crippen LogP contribution in [0.4, 0.5) is 13.2 Å². The van der Waals surface area contributed by atoms with Crippen LogP contribution in [0.3, 0.4) is 0 Å². The Hall–Kier alpha value is -2.75. The lowest BCUT2D eigenvalue weighted by atomic mass is 10.1. The van der Waals surface area contributed by atoms with E-state index in [1.54, 1.807) is 0 Å².